The van der Waals surface area contributed by atoms with Gasteiger partial charge in [0.1, 0.15) is 0 Å². The summed E-state index contributed by atoms with van der Waals surface area (Å²) in [6, 6.07) is 0. The van der Waals surface area contributed by atoms with Gasteiger partial charge in [-0.05, 0) is 51.6 Å². The molecule has 1 aromatic heterocycles. The van der Waals surface area contributed by atoms with Gasteiger partial charge >= 0.3 is 0 Å². The van der Waals surface area contributed by atoms with E-state index in [1.807, 2.05) is 0 Å². The lowest BCUT2D eigenvalue weighted by molar-refractivity contribution is 0.566. The minimum atomic E-state index is -0.0934. The van der Waals surface area contributed by atoms with Crippen LogP contribution in [0.2, 0.25) is 5.28 Å². The quantitative estimate of drug-likeness (QED) is 0.895. The largest absolute Gasteiger partial charge is 0.349 e. The number of nitrogens with one attached hydrogen (secondary N) is 1. The Morgan fingerprint density at radius 1 is 1.06 bits per heavy atom. The lowest BCUT2D eigenvalue weighted by atomic mass is 10.1. The average Bonchev–Trinajstić information content (AvgIpc) is 2.27. The van der Waals surface area contributed by atoms with Crippen LogP contribution in [0, 0.1) is 0 Å². The zero-order valence-corrected chi connectivity index (χ0v) is 12.0. The number of hydrogen-bond donors (Lipinski definition) is 1. The van der Waals surface area contributed by atoms with E-state index < -0.39 is 0 Å². The smallest absolute Gasteiger partial charge is 0.231 e. The first-order chi connectivity index (χ1) is 8.44. The minimum absolute atomic E-state index is 0.0934. The molecule has 1 aliphatic heterocycles. The highest BCUT2D eigenvalue weighted by Gasteiger charge is 2.17. The van der Waals surface area contributed by atoms with Crippen molar-refractivity contribution >= 4 is 23.5 Å². The number of aromatic nitrogens is 3. The molecule has 18 heavy (non-hydrogen) atoms. The first-order valence-corrected chi connectivity index (χ1v) is 6.76. The molecular formula is C12H20ClN5. The van der Waals surface area contributed by atoms with Crippen LogP contribution in [0.4, 0.5) is 11.9 Å². The van der Waals surface area contributed by atoms with E-state index in [1.165, 1.54) is 19.3 Å². The molecule has 2 rings (SSSR count). The Morgan fingerprint density at radius 3 is 2.33 bits per heavy atom. The summed E-state index contributed by atoms with van der Waals surface area (Å²) < 4.78 is 0. The molecule has 1 aromatic rings. The maximum atomic E-state index is 5.97. The maximum Gasteiger partial charge on any atom is 0.231 e. The molecule has 0 unspecified atom stereocenters. The second-order valence-corrected chi connectivity index (χ2v) is 5.99. The molecule has 1 aliphatic rings. The van der Waals surface area contributed by atoms with E-state index in [-0.39, 0.29) is 10.8 Å². The third-order valence-corrected chi connectivity index (χ3v) is 2.89. The number of rotatable bonds is 2. The highest BCUT2D eigenvalue weighted by atomic mass is 35.5. The second kappa shape index (κ2) is 5.26. The highest BCUT2D eigenvalue weighted by Crippen LogP contribution is 2.19. The van der Waals surface area contributed by atoms with Crippen molar-refractivity contribution in [3.8, 4) is 0 Å². The second-order valence-electron chi connectivity index (χ2n) is 5.65. The molecule has 0 radical (unpaired) electrons. The molecule has 0 amide bonds. The summed E-state index contributed by atoms with van der Waals surface area (Å²) in [6.07, 6.45) is 3.65. The minimum Gasteiger partial charge on any atom is -0.349 e. The van der Waals surface area contributed by atoms with Crippen molar-refractivity contribution in [1.29, 1.82) is 0 Å². The van der Waals surface area contributed by atoms with Crippen LogP contribution in [0.25, 0.3) is 0 Å². The van der Waals surface area contributed by atoms with Gasteiger partial charge in [0.2, 0.25) is 17.2 Å². The van der Waals surface area contributed by atoms with E-state index in [1.54, 1.807) is 0 Å². The first-order valence-electron chi connectivity index (χ1n) is 6.39. The van der Waals surface area contributed by atoms with Crippen LogP contribution in [0.5, 0.6) is 0 Å². The number of halogens is 1. The molecule has 6 heteroatoms. The Morgan fingerprint density at radius 2 is 1.72 bits per heavy atom. The molecule has 0 saturated carbocycles. The third-order valence-electron chi connectivity index (χ3n) is 2.72. The van der Waals surface area contributed by atoms with Crippen molar-refractivity contribution in [1.82, 2.24) is 15.0 Å². The van der Waals surface area contributed by atoms with Crippen molar-refractivity contribution in [3.63, 3.8) is 0 Å². The number of nitrogens with zero attached hydrogens (tertiary/aromatic N) is 4. The van der Waals surface area contributed by atoms with Crippen LogP contribution in [0.3, 0.4) is 0 Å². The summed E-state index contributed by atoms with van der Waals surface area (Å²) in [5.41, 5.74) is -0.0934. The Balaban J connectivity index is 2.20. The van der Waals surface area contributed by atoms with Crippen molar-refractivity contribution in [2.75, 3.05) is 23.3 Å². The molecule has 5 nitrogen and oxygen atoms in total. The Bertz CT molecular complexity index is 409. The van der Waals surface area contributed by atoms with E-state index in [2.05, 4.69) is 45.9 Å². The molecule has 0 aromatic carbocycles. The van der Waals surface area contributed by atoms with Gasteiger partial charge in [-0.3, -0.25) is 0 Å². The molecule has 0 spiro atoms. The molecule has 0 bridgehead atoms. The Hall–Kier alpha value is -1.10. The van der Waals surface area contributed by atoms with E-state index in [4.69, 9.17) is 11.6 Å². The van der Waals surface area contributed by atoms with Crippen LogP contribution in [-0.4, -0.2) is 33.6 Å². The maximum absolute atomic E-state index is 5.97. The molecule has 0 atom stereocenters. The van der Waals surface area contributed by atoms with Gasteiger partial charge in [-0.15, -0.1) is 0 Å². The molecular weight excluding hydrogens is 250 g/mol. The summed E-state index contributed by atoms with van der Waals surface area (Å²) in [5.74, 6) is 1.23. The number of hydrogen-bond acceptors (Lipinski definition) is 5. The average molecular weight is 270 g/mol. The summed E-state index contributed by atoms with van der Waals surface area (Å²) in [6.45, 7) is 8.17. The van der Waals surface area contributed by atoms with Gasteiger partial charge < -0.3 is 10.2 Å². The molecule has 1 saturated heterocycles. The predicted molar refractivity (Wildman–Crippen MR) is 74.3 cm³/mol. The van der Waals surface area contributed by atoms with E-state index >= 15 is 0 Å². The van der Waals surface area contributed by atoms with Crippen molar-refractivity contribution in [2.24, 2.45) is 0 Å². The van der Waals surface area contributed by atoms with Crippen molar-refractivity contribution in [3.05, 3.63) is 5.28 Å². The molecule has 1 fully saturated rings. The fraction of sp³-hybridized carbons (Fsp3) is 0.750. The van der Waals surface area contributed by atoms with E-state index in [0.29, 0.717) is 11.9 Å². The standard InChI is InChI=1S/C12H20ClN5/c1-12(2,3)17-10-14-9(13)15-11(16-10)18-7-5-4-6-8-18/h4-8H2,1-3H3,(H,14,15,16,17). The molecule has 0 aliphatic carbocycles. The lowest BCUT2D eigenvalue weighted by Crippen LogP contribution is -2.32. The zero-order valence-electron chi connectivity index (χ0n) is 11.2. The first kappa shape index (κ1) is 13.3. The third kappa shape index (κ3) is 3.70. The summed E-state index contributed by atoms with van der Waals surface area (Å²) in [5, 5.41) is 3.48. The van der Waals surface area contributed by atoms with Crippen molar-refractivity contribution in [2.45, 2.75) is 45.6 Å². The van der Waals surface area contributed by atoms with Gasteiger partial charge in [0.05, 0.1) is 0 Å². The highest BCUT2D eigenvalue weighted by molar-refractivity contribution is 6.28. The normalized spacial score (nSPS) is 16.8. The Kier molecular flexibility index (Phi) is 3.90. The predicted octanol–water partition coefficient (Wildman–Crippen LogP) is 2.73. The SMILES string of the molecule is CC(C)(C)Nc1nc(Cl)nc(N2CCCCC2)n1. The summed E-state index contributed by atoms with van der Waals surface area (Å²) in [4.78, 5) is 15.0. The van der Waals surface area contributed by atoms with Crippen molar-refractivity contribution < 1.29 is 0 Å². The molecule has 2 heterocycles. The topological polar surface area (TPSA) is 53.9 Å². The van der Waals surface area contributed by atoms with E-state index in [9.17, 15) is 0 Å². The van der Waals surface area contributed by atoms with Gasteiger partial charge in [0.25, 0.3) is 0 Å². The fourth-order valence-electron chi connectivity index (χ4n) is 1.97. The van der Waals surface area contributed by atoms with Gasteiger partial charge in [-0.25, -0.2) is 0 Å². The molecule has 100 valence electrons. The van der Waals surface area contributed by atoms with Gasteiger partial charge in [0.15, 0.2) is 0 Å². The van der Waals surface area contributed by atoms with Gasteiger partial charge in [0, 0.05) is 18.6 Å². The zero-order chi connectivity index (χ0) is 13.2. The van der Waals surface area contributed by atoms with Crippen LogP contribution in [-0.2, 0) is 0 Å². The van der Waals surface area contributed by atoms with Crippen LogP contribution in [0.1, 0.15) is 40.0 Å². The summed E-state index contributed by atoms with van der Waals surface area (Å²) >= 11 is 5.97. The van der Waals surface area contributed by atoms with Crippen LogP contribution >= 0.6 is 11.6 Å². The van der Waals surface area contributed by atoms with Gasteiger partial charge in [-0.2, -0.15) is 15.0 Å². The lowest BCUT2D eigenvalue weighted by Gasteiger charge is -2.27. The summed E-state index contributed by atoms with van der Waals surface area (Å²) in [7, 11) is 0. The fourth-order valence-corrected chi connectivity index (χ4v) is 2.12. The number of anilines is 2. The monoisotopic (exact) mass is 269 g/mol. The van der Waals surface area contributed by atoms with Crippen LogP contribution < -0.4 is 10.2 Å². The van der Waals surface area contributed by atoms with E-state index in [0.717, 1.165) is 13.1 Å². The Labute approximate surface area is 113 Å². The number of piperidine rings is 1. The molecule has 1 N–H and O–H groups in total. The van der Waals surface area contributed by atoms with Crippen LogP contribution in [0.15, 0.2) is 0 Å². The van der Waals surface area contributed by atoms with Gasteiger partial charge in [-0.1, -0.05) is 0 Å².